The lowest BCUT2D eigenvalue weighted by molar-refractivity contribution is 0.0701. The lowest BCUT2D eigenvalue weighted by Crippen LogP contribution is -1.97. The van der Waals surface area contributed by atoms with Gasteiger partial charge >= 0.3 is 5.97 Å². The second-order valence-corrected chi connectivity index (χ2v) is 3.37. The molecule has 0 amide bonds. The fraction of sp³-hybridized carbons (Fsp3) is 0.375. The van der Waals surface area contributed by atoms with E-state index < -0.39 is 5.97 Å². The Kier molecular flexibility index (Phi) is 2.83. The van der Waals surface area contributed by atoms with E-state index in [1.165, 1.54) is 11.3 Å². The van der Waals surface area contributed by atoms with Crippen molar-refractivity contribution in [1.82, 2.24) is 0 Å². The number of carboxylic acid groups (broad SMARTS) is 1. The van der Waals surface area contributed by atoms with Gasteiger partial charge < -0.3 is 10.2 Å². The van der Waals surface area contributed by atoms with Crippen molar-refractivity contribution >= 4 is 17.3 Å². The Bertz CT molecular complexity index is 290. The smallest absolute Gasteiger partial charge is 0.346 e. The summed E-state index contributed by atoms with van der Waals surface area (Å²) in [5.74, 6) is -0.887. The van der Waals surface area contributed by atoms with E-state index in [4.69, 9.17) is 10.2 Å². The first-order valence-electron chi connectivity index (χ1n) is 3.58. The normalized spacial score (nSPS) is 10.2. The molecule has 0 aliphatic heterocycles. The van der Waals surface area contributed by atoms with Crippen molar-refractivity contribution in [3.63, 3.8) is 0 Å². The largest absolute Gasteiger partial charge is 0.477 e. The zero-order chi connectivity index (χ0) is 9.14. The molecule has 0 fully saturated rings. The third kappa shape index (κ3) is 1.65. The number of aromatic carboxylic acids is 1. The summed E-state index contributed by atoms with van der Waals surface area (Å²) in [6.07, 6.45) is 0.537. The Hall–Kier alpha value is -0.870. The Labute approximate surface area is 74.3 Å². The number of carboxylic acids is 1. The van der Waals surface area contributed by atoms with E-state index in [9.17, 15) is 4.79 Å². The van der Waals surface area contributed by atoms with Crippen molar-refractivity contribution < 1.29 is 15.0 Å². The molecule has 1 rings (SSSR count). The summed E-state index contributed by atoms with van der Waals surface area (Å²) < 4.78 is 0. The van der Waals surface area contributed by atoms with E-state index >= 15 is 0 Å². The van der Waals surface area contributed by atoms with Gasteiger partial charge in [-0.15, -0.1) is 11.3 Å². The van der Waals surface area contributed by atoms with Crippen LogP contribution in [0.2, 0.25) is 0 Å². The number of thiophene rings is 1. The van der Waals surface area contributed by atoms with Crippen LogP contribution in [0.4, 0.5) is 0 Å². The zero-order valence-electron chi connectivity index (χ0n) is 6.70. The molecule has 0 saturated carbocycles. The highest BCUT2D eigenvalue weighted by Crippen LogP contribution is 2.21. The van der Waals surface area contributed by atoms with Crippen molar-refractivity contribution in [2.75, 3.05) is 6.61 Å². The van der Waals surface area contributed by atoms with Crippen LogP contribution in [0.15, 0.2) is 5.38 Å². The highest BCUT2D eigenvalue weighted by atomic mass is 32.1. The van der Waals surface area contributed by atoms with E-state index in [1.807, 2.05) is 0 Å². The maximum atomic E-state index is 10.6. The first-order chi connectivity index (χ1) is 5.66. The minimum Gasteiger partial charge on any atom is -0.477 e. The van der Waals surface area contributed by atoms with Crippen LogP contribution in [0.3, 0.4) is 0 Å². The third-order valence-corrected chi connectivity index (χ3v) is 2.84. The van der Waals surface area contributed by atoms with E-state index in [1.54, 1.807) is 12.3 Å². The van der Waals surface area contributed by atoms with Crippen molar-refractivity contribution in [3.8, 4) is 0 Å². The molecular weight excluding hydrogens is 176 g/mol. The van der Waals surface area contributed by atoms with Crippen molar-refractivity contribution in [3.05, 3.63) is 21.4 Å². The van der Waals surface area contributed by atoms with Crippen LogP contribution in [0.1, 0.15) is 20.8 Å². The quantitative estimate of drug-likeness (QED) is 0.747. The highest BCUT2D eigenvalue weighted by Gasteiger charge is 2.12. The number of aliphatic hydroxyl groups is 1. The number of hydrogen-bond donors (Lipinski definition) is 2. The minimum absolute atomic E-state index is 0.0661. The van der Waals surface area contributed by atoms with Crippen LogP contribution in [0, 0.1) is 6.92 Å². The molecule has 1 heterocycles. The summed E-state index contributed by atoms with van der Waals surface area (Å²) in [5.41, 5.74) is 1.71. The van der Waals surface area contributed by atoms with Gasteiger partial charge in [0.05, 0.1) is 0 Å². The van der Waals surface area contributed by atoms with Gasteiger partial charge in [0.1, 0.15) is 4.88 Å². The molecule has 0 bridgehead atoms. The molecular formula is C8H10O3S. The Morgan fingerprint density at radius 1 is 1.67 bits per heavy atom. The second kappa shape index (κ2) is 3.69. The average molecular weight is 186 g/mol. The van der Waals surface area contributed by atoms with Gasteiger partial charge in [-0.25, -0.2) is 4.79 Å². The van der Waals surface area contributed by atoms with Crippen molar-refractivity contribution in [1.29, 1.82) is 0 Å². The fourth-order valence-electron chi connectivity index (χ4n) is 1.03. The van der Waals surface area contributed by atoms with Crippen LogP contribution in [-0.2, 0) is 6.42 Å². The predicted octanol–water partition coefficient (Wildman–Crippen LogP) is 1.29. The number of aliphatic hydroxyl groups excluding tert-OH is 1. The molecule has 0 radical (unpaired) electrons. The van der Waals surface area contributed by atoms with Crippen LogP contribution < -0.4 is 0 Å². The number of carbonyl (C=O) groups is 1. The molecule has 0 aromatic carbocycles. The van der Waals surface area contributed by atoms with E-state index in [2.05, 4.69) is 0 Å². The Morgan fingerprint density at radius 2 is 2.33 bits per heavy atom. The highest BCUT2D eigenvalue weighted by molar-refractivity contribution is 7.12. The molecule has 1 aromatic rings. The summed E-state index contributed by atoms with van der Waals surface area (Å²) in [6.45, 7) is 1.83. The van der Waals surface area contributed by atoms with Crippen LogP contribution in [0.25, 0.3) is 0 Å². The first-order valence-corrected chi connectivity index (χ1v) is 4.46. The monoisotopic (exact) mass is 186 g/mol. The Morgan fingerprint density at radius 3 is 2.75 bits per heavy atom. The summed E-state index contributed by atoms with van der Waals surface area (Å²) in [5, 5.41) is 19.1. The summed E-state index contributed by atoms with van der Waals surface area (Å²) >= 11 is 1.21. The molecule has 0 aliphatic carbocycles. The van der Waals surface area contributed by atoms with Gasteiger partial charge in [-0.3, -0.25) is 0 Å². The lowest BCUT2D eigenvalue weighted by atomic mass is 10.1. The molecule has 66 valence electrons. The number of rotatable bonds is 3. The molecule has 0 aliphatic rings. The van der Waals surface area contributed by atoms with Gasteiger partial charge in [0.25, 0.3) is 0 Å². The van der Waals surface area contributed by atoms with E-state index in [0.717, 1.165) is 11.1 Å². The van der Waals surface area contributed by atoms with Crippen LogP contribution >= 0.6 is 11.3 Å². The van der Waals surface area contributed by atoms with Gasteiger partial charge in [-0.2, -0.15) is 0 Å². The minimum atomic E-state index is -0.887. The molecule has 2 N–H and O–H groups in total. The summed E-state index contributed by atoms with van der Waals surface area (Å²) in [6, 6.07) is 0. The van der Waals surface area contributed by atoms with Crippen molar-refractivity contribution in [2.24, 2.45) is 0 Å². The third-order valence-electron chi connectivity index (χ3n) is 1.72. The topological polar surface area (TPSA) is 57.5 Å². The van der Waals surface area contributed by atoms with Gasteiger partial charge in [-0.1, -0.05) is 0 Å². The maximum absolute atomic E-state index is 10.6. The van der Waals surface area contributed by atoms with E-state index in [-0.39, 0.29) is 6.61 Å². The summed E-state index contributed by atoms with van der Waals surface area (Å²) in [4.78, 5) is 11.0. The molecule has 4 heteroatoms. The van der Waals surface area contributed by atoms with Gasteiger partial charge in [0, 0.05) is 6.61 Å². The molecule has 0 spiro atoms. The van der Waals surface area contributed by atoms with E-state index in [0.29, 0.717) is 11.3 Å². The molecule has 0 atom stereocenters. The van der Waals surface area contributed by atoms with Gasteiger partial charge in [-0.05, 0) is 29.9 Å². The standard InChI is InChI=1S/C8H10O3S/c1-5-6(2-3-9)4-12-7(5)8(10)11/h4,9H,2-3H2,1H3,(H,10,11). The molecule has 0 saturated heterocycles. The van der Waals surface area contributed by atoms with Gasteiger partial charge in [0.15, 0.2) is 0 Å². The molecule has 0 unspecified atom stereocenters. The fourth-order valence-corrected chi connectivity index (χ4v) is 1.99. The lowest BCUT2D eigenvalue weighted by Gasteiger charge is -1.95. The summed E-state index contributed by atoms with van der Waals surface area (Å²) in [7, 11) is 0. The maximum Gasteiger partial charge on any atom is 0.346 e. The molecule has 12 heavy (non-hydrogen) atoms. The first kappa shape index (κ1) is 9.22. The van der Waals surface area contributed by atoms with Crippen LogP contribution in [-0.4, -0.2) is 22.8 Å². The van der Waals surface area contributed by atoms with Gasteiger partial charge in [0.2, 0.25) is 0 Å². The molecule has 3 nitrogen and oxygen atoms in total. The van der Waals surface area contributed by atoms with Crippen LogP contribution in [0.5, 0.6) is 0 Å². The predicted molar refractivity (Wildman–Crippen MR) is 46.8 cm³/mol. The SMILES string of the molecule is Cc1c(CCO)csc1C(=O)O. The Balaban J connectivity index is 2.96. The van der Waals surface area contributed by atoms with Crippen molar-refractivity contribution in [2.45, 2.75) is 13.3 Å². The molecule has 1 aromatic heterocycles. The zero-order valence-corrected chi connectivity index (χ0v) is 7.52. The second-order valence-electron chi connectivity index (χ2n) is 2.49. The number of hydrogen-bond acceptors (Lipinski definition) is 3. The average Bonchev–Trinajstić information content (AvgIpc) is 2.34.